The Morgan fingerprint density at radius 2 is 1.49 bits per heavy atom. The molecule has 298 valence electrons. The van der Waals surface area contributed by atoms with E-state index in [4.69, 9.17) is 0 Å². The summed E-state index contributed by atoms with van der Waals surface area (Å²) in [5.74, 6) is -2.92. The number of rotatable bonds is 15. The van der Waals surface area contributed by atoms with E-state index in [1.165, 1.54) is 4.90 Å². The summed E-state index contributed by atoms with van der Waals surface area (Å²) in [6, 6.07) is -3.92. The van der Waals surface area contributed by atoms with Gasteiger partial charge in [0.15, 0.2) is 0 Å². The van der Waals surface area contributed by atoms with Crippen molar-refractivity contribution in [2.75, 3.05) is 19.6 Å². The van der Waals surface area contributed by atoms with Gasteiger partial charge in [0, 0.05) is 32.5 Å². The number of imide groups is 1. The molecule has 2 aliphatic heterocycles. The first-order chi connectivity index (χ1) is 24.7. The van der Waals surface area contributed by atoms with Crippen LogP contribution in [0, 0.1) is 34.0 Å². The molecule has 7 amide bonds. The second-order valence-corrected chi connectivity index (χ2v) is 18.5. The molecule has 4 N–H and O–H groups in total. The van der Waals surface area contributed by atoms with Crippen LogP contribution in [-0.4, -0.2) is 95.0 Å². The van der Waals surface area contributed by atoms with Crippen molar-refractivity contribution >= 4 is 41.4 Å². The molecule has 13 nitrogen and oxygen atoms in total. The minimum atomic E-state index is -1.01. The van der Waals surface area contributed by atoms with Gasteiger partial charge in [0.2, 0.25) is 29.4 Å². The van der Waals surface area contributed by atoms with Gasteiger partial charge in [-0.05, 0) is 59.7 Å². The fourth-order valence-electron chi connectivity index (χ4n) is 8.73. The summed E-state index contributed by atoms with van der Waals surface area (Å²) < 4.78 is 0. The average Bonchev–Trinajstić information content (AvgIpc) is 3.37. The van der Waals surface area contributed by atoms with E-state index in [0.29, 0.717) is 32.4 Å². The van der Waals surface area contributed by atoms with E-state index in [1.807, 2.05) is 48.5 Å². The predicted molar refractivity (Wildman–Crippen MR) is 201 cm³/mol. The molecule has 13 heteroatoms. The number of piperidine rings is 2. The van der Waals surface area contributed by atoms with Crippen LogP contribution in [0.2, 0.25) is 0 Å². The number of unbranched alkanes of at least 4 members (excludes halogenated alkanes) is 1. The Balaban J connectivity index is 1.55. The van der Waals surface area contributed by atoms with Crippen LogP contribution in [0.25, 0.3) is 0 Å². The van der Waals surface area contributed by atoms with Gasteiger partial charge in [-0.1, -0.05) is 94.4 Å². The van der Waals surface area contributed by atoms with Crippen molar-refractivity contribution in [1.29, 1.82) is 0 Å². The number of urea groups is 1. The molecule has 2 saturated carbocycles. The van der Waals surface area contributed by atoms with Crippen LogP contribution in [0.4, 0.5) is 4.79 Å². The van der Waals surface area contributed by atoms with Crippen molar-refractivity contribution in [1.82, 2.24) is 31.1 Å². The molecular weight excluding hydrogens is 676 g/mol. The average molecular weight is 743 g/mol. The summed E-state index contributed by atoms with van der Waals surface area (Å²) in [6.07, 6.45) is 7.24. The fraction of sp³-hybridized carbons (Fsp3) is 0.825. The van der Waals surface area contributed by atoms with Gasteiger partial charge in [0.05, 0.1) is 12.1 Å². The van der Waals surface area contributed by atoms with Gasteiger partial charge in [-0.3, -0.25) is 33.7 Å². The number of fused-ring (bicyclic) bond motifs is 1. The number of carbonyl (C=O) groups excluding carboxylic acids is 7. The van der Waals surface area contributed by atoms with Crippen LogP contribution in [0.1, 0.15) is 133 Å². The molecule has 1 unspecified atom stereocenters. The number of carbonyl (C=O) groups is 7. The van der Waals surface area contributed by atoms with Gasteiger partial charge in [-0.25, -0.2) is 4.79 Å². The van der Waals surface area contributed by atoms with E-state index in [9.17, 15) is 33.6 Å². The molecular formula is C40H66N6O7. The highest BCUT2D eigenvalue weighted by Crippen LogP contribution is 2.65. The number of likely N-dealkylation sites (tertiary alicyclic amines) is 2. The third-order valence-electron chi connectivity index (χ3n) is 12.3. The SMILES string of the molecule is CCCCC(NC(=O)[C@@H]1[C@@H]2[C@H](CN1C(=O)[C@@H](NC(=O)N[C@H](CN1C(=O)CC(C)(C)CC1=O)C(C)(C)C)C1CCCCC1)C2(C)C)C(=O)C(=O)NCCC. The summed E-state index contributed by atoms with van der Waals surface area (Å²) in [5, 5.41) is 11.5. The fourth-order valence-corrected chi connectivity index (χ4v) is 8.73. The Morgan fingerprint density at radius 3 is 2.06 bits per heavy atom. The lowest BCUT2D eigenvalue weighted by atomic mass is 9.80. The van der Waals surface area contributed by atoms with Gasteiger partial charge in [0.25, 0.3) is 5.91 Å². The van der Waals surface area contributed by atoms with E-state index in [1.54, 1.807) is 4.90 Å². The van der Waals surface area contributed by atoms with Gasteiger partial charge < -0.3 is 26.2 Å². The summed E-state index contributed by atoms with van der Waals surface area (Å²) in [7, 11) is 0. The van der Waals surface area contributed by atoms with E-state index in [0.717, 1.165) is 38.5 Å². The maximum atomic E-state index is 14.7. The van der Waals surface area contributed by atoms with Crippen molar-refractivity contribution in [2.24, 2.45) is 34.0 Å². The molecule has 4 aliphatic rings. The van der Waals surface area contributed by atoms with Gasteiger partial charge >= 0.3 is 6.03 Å². The first-order valence-corrected chi connectivity index (χ1v) is 20.1. The molecule has 4 rings (SSSR count). The first-order valence-electron chi connectivity index (χ1n) is 20.1. The van der Waals surface area contributed by atoms with E-state index in [2.05, 4.69) is 35.1 Å². The Hall–Kier alpha value is -3.51. The van der Waals surface area contributed by atoms with Crippen LogP contribution < -0.4 is 21.3 Å². The van der Waals surface area contributed by atoms with Crippen molar-refractivity contribution < 1.29 is 33.6 Å². The van der Waals surface area contributed by atoms with E-state index >= 15 is 0 Å². The predicted octanol–water partition coefficient (Wildman–Crippen LogP) is 4.08. The van der Waals surface area contributed by atoms with Gasteiger partial charge in [-0.15, -0.1) is 0 Å². The molecule has 0 aromatic rings. The third-order valence-corrected chi connectivity index (χ3v) is 12.3. The highest BCUT2D eigenvalue weighted by atomic mass is 16.2. The Labute approximate surface area is 316 Å². The van der Waals surface area contributed by atoms with Crippen LogP contribution >= 0.6 is 0 Å². The molecule has 0 aromatic carbocycles. The molecule has 53 heavy (non-hydrogen) atoms. The number of hydrogen-bond donors (Lipinski definition) is 4. The minimum Gasteiger partial charge on any atom is -0.349 e. The molecule has 2 saturated heterocycles. The standard InChI is InChI=1S/C40H66N6O7/c1-10-12-18-26(33(49)35(51)41-19-11-2)42-34(50)32-30-25(40(30,8)9)22-46(32)36(52)31(24-16-14-13-15-17-24)44-37(53)43-27(38(3,4)5)23-45-28(47)20-39(6,7)21-29(45)48/h24-27,30-32H,10-23H2,1-9H3,(H,41,51)(H,42,50)(H2,43,44,53)/t25-,26?,27+,30-,31-,32-/m0/s1. The van der Waals surface area contributed by atoms with Gasteiger partial charge in [-0.2, -0.15) is 0 Å². The van der Waals surface area contributed by atoms with E-state index < -0.39 is 58.6 Å². The molecule has 2 heterocycles. The van der Waals surface area contributed by atoms with Crippen LogP contribution in [0.5, 0.6) is 0 Å². The largest absolute Gasteiger partial charge is 0.349 e. The first kappa shape index (κ1) is 42.2. The highest BCUT2D eigenvalue weighted by Gasteiger charge is 2.69. The molecule has 2 aliphatic carbocycles. The molecule has 0 aromatic heterocycles. The second kappa shape index (κ2) is 16.9. The highest BCUT2D eigenvalue weighted by molar-refractivity contribution is 6.38. The Morgan fingerprint density at radius 1 is 0.868 bits per heavy atom. The zero-order valence-corrected chi connectivity index (χ0v) is 33.7. The Kier molecular flexibility index (Phi) is 13.5. The monoisotopic (exact) mass is 742 g/mol. The lowest BCUT2D eigenvalue weighted by Crippen LogP contribution is -2.62. The number of amides is 7. The lowest BCUT2D eigenvalue weighted by Gasteiger charge is -2.40. The number of nitrogens with one attached hydrogen (secondary N) is 4. The maximum Gasteiger partial charge on any atom is 0.315 e. The molecule has 0 radical (unpaired) electrons. The van der Waals surface area contributed by atoms with Crippen LogP contribution in [0.15, 0.2) is 0 Å². The smallest absolute Gasteiger partial charge is 0.315 e. The molecule has 0 spiro atoms. The van der Waals surface area contributed by atoms with Crippen molar-refractivity contribution in [2.45, 2.75) is 157 Å². The van der Waals surface area contributed by atoms with E-state index in [-0.39, 0.29) is 60.3 Å². The van der Waals surface area contributed by atoms with Crippen LogP contribution in [0.3, 0.4) is 0 Å². The topological polar surface area (TPSA) is 174 Å². The molecule has 4 fully saturated rings. The third kappa shape index (κ3) is 9.98. The van der Waals surface area contributed by atoms with Crippen molar-refractivity contribution in [3.63, 3.8) is 0 Å². The number of hydrogen-bond acceptors (Lipinski definition) is 7. The van der Waals surface area contributed by atoms with Gasteiger partial charge in [0.1, 0.15) is 12.1 Å². The summed E-state index contributed by atoms with van der Waals surface area (Å²) in [5.41, 5.74) is -1.14. The quantitative estimate of drug-likeness (QED) is 0.145. The number of Topliss-reactive ketones (excluding diaryl/α,β-unsaturated/α-hetero) is 1. The zero-order chi connectivity index (χ0) is 39.5. The summed E-state index contributed by atoms with van der Waals surface area (Å²) >= 11 is 0. The second-order valence-electron chi connectivity index (χ2n) is 18.5. The molecule has 6 atom stereocenters. The summed E-state index contributed by atoms with van der Waals surface area (Å²) in [4.78, 5) is 97.6. The molecule has 0 bridgehead atoms. The maximum absolute atomic E-state index is 14.7. The Bertz CT molecular complexity index is 1390. The number of nitrogens with zero attached hydrogens (tertiary/aromatic N) is 2. The normalized spacial score (nSPS) is 25.5. The minimum absolute atomic E-state index is 0.0217. The lowest BCUT2D eigenvalue weighted by molar-refractivity contribution is -0.153. The number of ketones is 1. The van der Waals surface area contributed by atoms with Crippen molar-refractivity contribution in [3.8, 4) is 0 Å². The summed E-state index contributed by atoms with van der Waals surface area (Å²) in [6.45, 7) is 18.3. The zero-order valence-electron chi connectivity index (χ0n) is 33.7. The van der Waals surface area contributed by atoms with Crippen molar-refractivity contribution in [3.05, 3.63) is 0 Å². The van der Waals surface area contributed by atoms with Crippen LogP contribution in [-0.2, 0) is 28.8 Å².